The Balaban J connectivity index is 2.12. The number of alkyl halides is 3. The van der Waals surface area contributed by atoms with Gasteiger partial charge in [0.1, 0.15) is 12.4 Å². The molecule has 6 heteroatoms. The lowest BCUT2D eigenvalue weighted by Crippen LogP contribution is -2.22. The van der Waals surface area contributed by atoms with Gasteiger partial charge >= 0.3 is 6.18 Å². The molecule has 0 unspecified atom stereocenters. The van der Waals surface area contributed by atoms with Crippen LogP contribution in [-0.4, -0.2) is 12.0 Å². The molecule has 0 saturated carbocycles. The van der Waals surface area contributed by atoms with Crippen molar-refractivity contribution in [1.82, 2.24) is 0 Å². The van der Waals surface area contributed by atoms with Crippen molar-refractivity contribution in [2.45, 2.75) is 12.8 Å². The minimum Gasteiger partial charge on any atom is -0.489 e. The molecule has 0 heterocycles. The van der Waals surface area contributed by atoms with Gasteiger partial charge in [-0.25, -0.2) is 0 Å². The zero-order valence-corrected chi connectivity index (χ0v) is 11.4. The van der Waals surface area contributed by atoms with Crippen LogP contribution in [0.15, 0.2) is 48.5 Å². The Hall–Kier alpha value is -2.01. The van der Waals surface area contributed by atoms with Crippen LogP contribution in [-0.2, 0) is 6.61 Å². The normalized spacial score (nSPS) is 11.2. The highest BCUT2D eigenvalue weighted by Crippen LogP contribution is 2.24. The molecule has 0 fully saturated rings. The highest BCUT2D eigenvalue weighted by atomic mass is 35.5. The first-order valence-electron chi connectivity index (χ1n) is 5.96. The van der Waals surface area contributed by atoms with E-state index in [0.29, 0.717) is 10.6 Å². The van der Waals surface area contributed by atoms with Crippen molar-refractivity contribution in [3.63, 3.8) is 0 Å². The fourth-order valence-electron chi connectivity index (χ4n) is 1.67. The maximum Gasteiger partial charge on any atom is 0.454 e. The van der Waals surface area contributed by atoms with Crippen molar-refractivity contribution >= 4 is 17.4 Å². The van der Waals surface area contributed by atoms with Crippen LogP contribution in [0.2, 0.25) is 5.02 Å². The number of ketones is 1. The largest absolute Gasteiger partial charge is 0.489 e. The van der Waals surface area contributed by atoms with E-state index in [2.05, 4.69) is 0 Å². The topological polar surface area (TPSA) is 26.3 Å². The van der Waals surface area contributed by atoms with Crippen molar-refractivity contribution in [3.8, 4) is 5.75 Å². The molecule has 2 aromatic rings. The molecule has 0 aliphatic rings. The summed E-state index contributed by atoms with van der Waals surface area (Å²) in [5, 5.41) is 0.500. The number of halogens is 4. The summed E-state index contributed by atoms with van der Waals surface area (Å²) in [6, 6.07) is 11.9. The molecule has 0 atom stereocenters. The van der Waals surface area contributed by atoms with Gasteiger partial charge in [-0.15, -0.1) is 0 Å². The van der Waals surface area contributed by atoms with E-state index >= 15 is 0 Å². The fraction of sp³-hybridized carbons (Fsp3) is 0.133. The molecular formula is C15H10ClF3O2. The van der Waals surface area contributed by atoms with Crippen molar-refractivity contribution in [1.29, 1.82) is 0 Å². The summed E-state index contributed by atoms with van der Waals surface area (Å²) in [5.41, 5.74) is 0.242. The third kappa shape index (κ3) is 3.98. The first-order valence-corrected chi connectivity index (χ1v) is 6.33. The molecule has 0 bridgehead atoms. The number of hydrogen-bond donors (Lipinski definition) is 0. The number of benzene rings is 2. The first-order chi connectivity index (χ1) is 9.88. The van der Waals surface area contributed by atoms with E-state index in [1.165, 1.54) is 12.1 Å². The maximum atomic E-state index is 12.4. The van der Waals surface area contributed by atoms with E-state index in [-0.39, 0.29) is 12.4 Å². The lowest BCUT2D eigenvalue weighted by Gasteiger charge is -2.10. The average molecular weight is 315 g/mol. The number of rotatable bonds is 4. The monoisotopic (exact) mass is 314 g/mol. The zero-order chi connectivity index (χ0) is 15.5. The Kier molecular flexibility index (Phi) is 4.53. The summed E-state index contributed by atoms with van der Waals surface area (Å²) >= 11 is 5.95. The molecule has 0 N–H and O–H groups in total. The Morgan fingerprint density at radius 1 is 1.10 bits per heavy atom. The molecule has 110 valence electrons. The average Bonchev–Trinajstić information content (AvgIpc) is 2.45. The Bertz CT molecular complexity index is 653. The quantitative estimate of drug-likeness (QED) is 0.767. The van der Waals surface area contributed by atoms with Gasteiger partial charge in [-0.05, 0) is 18.2 Å². The van der Waals surface area contributed by atoms with Crippen LogP contribution < -0.4 is 4.74 Å². The van der Waals surface area contributed by atoms with E-state index in [4.69, 9.17) is 16.3 Å². The number of carbonyl (C=O) groups is 1. The molecule has 0 aliphatic heterocycles. The van der Waals surface area contributed by atoms with Crippen LogP contribution in [0.3, 0.4) is 0 Å². The van der Waals surface area contributed by atoms with Gasteiger partial charge in [-0.2, -0.15) is 13.2 Å². The van der Waals surface area contributed by atoms with Crippen LogP contribution in [0, 0.1) is 0 Å². The summed E-state index contributed by atoms with van der Waals surface area (Å²) in [5.74, 6) is -1.73. The van der Waals surface area contributed by atoms with E-state index < -0.39 is 17.5 Å². The molecule has 0 saturated heterocycles. The van der Waals surface area contributed by atoms with Crippen molar-refractivity contribution in [3.05, 3.63) is 64.7 Å². The Morgan fingerprint density at radius 3 is 2.48 bits per heavy atom. The number of hydrogen-bond acceptors (Lipinski definition) is 2. The van der Waals surface area contributed by atoms with Crippen LogP contribution >= 0.6 is 11.6 Å². The smallest absolute Gasteiger partial charge is 0.454 e. The molecule has 2 aromatic carbocycles. The van der Waals surface area contributed by atoms with Crippen molar-refractivity contribution in [2.24, 2.45) is 0 Å². The van der Waals surface area contributed by atoms with E-state index in [1.807, 2.05) is 0 Å². The summed E-state index contributed by atoms with van der Waals surface area (Å²) < 4.78 is 42.5. The molecule has 2 nitrogen and oxygen atoms in total. The van der Waals surface area contributed by atoms with Crippen LogP contribution in [0.4, 0.5) is 13.2 Å². The fourth-order valence-corrected chi connectivity index (χ4v) is 1.86. The predicted octanol–water partition coefficient (Wildman–Crippen LogP) is 4.66. The van der Waals surface area contributed by atoms with Crippen LogP contribution in [0.5, 0.6) is 5.75 Å². The van der Waals surface area contributed by atoms with Gasteiger partial charge in [0, 0.05) is 16.1 Å². The predicted molar refractivity (Wildman–Crippen MR) is 72.6 cm³/mol. The van der Waals surface area contributed by atoms with Crippen molar-refractivity contribution < 1.29 is 22.7 Å². The molecular weight excluding hydrogens is 305 g/mol. The molecule has 0 amide bonds. The van der Waals surface area contributed by atoms with Crippen LogP contribution in [0.1, 0.15) is 15.9 Å². The third-order valence-electron chi connectivity index (χ3n) is 2.71. The second-order valence-electron chi connectivity index (χ2n) is 4.23. The van der Waals surface area contributed by atoms with Gasteiger partial charge < -0.3 is 4.74 Å². The van der Waals surface area contributed by atoms with E-state index in [1.54, 1.807) is 24.3 Å². The summed E-state index contributed by atoms with van der Waals surface area (Å²) in [7, 11) is 0. The molecule has 0 aromatic heterocycles. The summed E-state index contributed by atoms with van der Waals surface area (Å²) in [4.78, 5) is 11.1. The van der Waals surface area contributed by atoms with Gasteiger partial charge in [-0.3, -0.25) is 4.79 Å². The highest BCUT2D eigenvalue weighted by Gasteiger charge is 2.39. The van der Waals surface area contributed by atoms with Gasteiger partial charge in [-0.1, -0.05) is 41.9 Å². The molecule has 0 radical (unpaired) electrons. The lowest BCUT2D eigenvalue weighted by molar-refractivity contribution is -0.0885. The second kappa shape index (κ2) is 6.18. The third-order valence-corrected chi connectivity index (χ3v) is 3.07. The van der Waals surface area contributed by atoms with Gasteiger partial charge in [0.2, 0.25) is 0 Å². The summed E-state index contributed by atoms with van der Waals surface area (Å²) in [6.07, 6.45) is -4.90. The number of carbonyl (C=O) groups excluding carboxylic acids is 1. The molecule has 21 heavy (non-hydrogen) atoms. The first kappa shape index (κ1) is 15.4. The Labute approximate surface area is 124 Å². The minimum absolute atomic E-state index is 0.101. The lowest BCUT2D eigenvalue weighted by atomic mass is 10.1. The maximum absolute atomic E-state index is 12.4. The summed E-state index contributed by atoms with van der Waals surface area (Å²) in [6.45, 7) is 0.101. The standard InChI is InChI=1S/C15H10ClF3O2/c16-13-7-2-1-4-11(13)9-21-12-6-3-5-10(8-12)14(20)15(17,18)19/h1-8H,9H2. The van der Waals surface area contributed by atoms with Gasteiger partial charge in [0.15, 0.2) is 0 Å². The zero-order valence-electron chi connectivity index (χ0n) is 10.7. The van der Waals surface area contributed by atoms with E-state index in [9.17, 15) is 18.0 Å². The molecule has 0 aliphatic carbocycles. The highest BCUT2D eigenvalue weighted by molar-refractivity contribution is 6.31. The van der Waals surface area contributed by atoms with Gasteiger partial charge in [0.05, 0.1) is 0 Å². The van der Waals surface area contributed by atoms with Crippen molar-refractivity contribution in [2.75, 3.05) is 0 Å². The number of Topliss-reactive ketones (excluding diaryl/α,β-unsaturated/α-hetero) is 1. The minimum atomic E-state index is -4.90. The van der Waals surface area contributed by atoms with Gasteiger partial charge in [0.25, 0.3) is 5.78 Å². The SMILES string of the molecule is O=C(c1cccc(OCc2ccccc2Cl)c1)C(F)(F)F. The molecule has 0 spiro atoms. The second-order valence-corrected chi connectivity index (χ2v) is 4.64. The molecule has 2 rings (SSSR count). The van der Waals surface area contributed by atoms with Crippen LogP contribution in [0.25, 0.3) is 0 Å². The van der Waals surface area contributed by atoms with E-state index in [0.717, 1.165) is 12.1 Å². The number of ether oxygens (including phenoxy) is 1. The Morgan fingerprint density at radius 2 is 1.81 bits per heavy atom.